The fraction of sp³-hybridized carbons (Fsp3) is 0.556. The highest BCUT2D eigenvalue weighted by Gasteiger charge is 2.44. The summed E-state index contributed by atoms with van der Waals surface area (Å²) in [5.41, 5.74) is 1.58. The van der Waals surface area contributed by atoms with Crippen molar-refractivity contribution in [2.45, 2.75) is 44.1 Å². The van der Waals surface area contributed by atoms with Crippen molar-refractivity contribution in [2.24, 2.45) is 0 Å². The highest BCUT2D eigenvalue weighted by atomic mass is 16.5. The van der Waals surface area contributed by atoms with E-state index in [0.717, 1.165) is 24.4 Å². The zero-order valence-corrected chi connectivity index (χ0v) is 14.6. The van der Waals surface area contributed by atoms with Gasteiger partial charge in [0.05, 0.1) is 17.5 Å². The maximum atomic E-state index is 12.5. The summed E-state index contributed by atoms with van der Waals surface area (Å²) < 4.78 is 5.39. The maximum absolute atomic E-state index is 12.5. The third-order valence-corrected chi connectivity index (χ3v) is 5.68. The van der Waals surface area contributed by atoms with Crippen LogP contribution in [0.4, 0.5) is 0 Å². The van der Waals surface area contributed by atoms with Gasteiger partial charge in [-0.3, -0.25) is 9.59 Å². The Morgan fingerprint density at radius 3 is 2.77 bits per heavy atom. The minimum Gasteiger partial charge on any atom is -0.365 e. The van der Waals surface area contributed by atoms with Crippen molar-refractivity contribution in [3.8, 4) is 0 Å². The molecule has 0 spiro atoms. The number of hydrogen-bond acceptors (Lipinski definition) is 5. The first kappa shape index (κ1) is 15.6. The summed E-state index contributed by atoms with van der Waals surface area (Å²) in [5.74, 6) is 1.92. The van der Waals surface area contributed by atoms with Crippen molar-refractivity contribution in [1.82, 2.24) is 24.9 Å². The van der Waals surface area contributed by atoms with Gasteiger partial charge >= 0.3 is 0 Å². The van der Waals surface area contributed by atoms with Gasteiger partial charge in [0.15, 0.2) is 5.82 Å². The molecule has 136 valence electrons. The summed E-state index contributed by atoms with van der Waals surface area (Å²) >= 11 is 0. The molecule has 2 amide bonds. The molecule has 1 atom stereocenters. The maximum Gasteiger partial charge on any atom is 0.255 e. The van der Waals surface area contributed by atoms with Crippen LogP contribution in [-0.4, -0.2) is 62.4 Å². The Balaban J connectivity index is 1.21. The van der Waals surface area contributed by atoms with Crippen LogP contribution in [0.25, 0.3) is 0 Å². The van der Waals surface area contributed by atoms with E-state index in [0.29, 0.717) is 43.4 Å². The molecule has 3 aliphatic rings. The molecule has 5 rings (SSSR count). The second kappa shape index (κ2) is 5.69. The SMILES string of the molecule is Cc1[nH]ccc1C(=O)N1CC(N2CC(c3nc(C4CC4)no3)CC2=O)C1. The van der Waals surface area contributed by atoms with E-state index in [9.17, 15) is 9.59 Å². The third kappa shape index (κ3) is 2.51. The molecule has 26 heavy (non-hydrogen) atoms. The molecule has 0 radical (unpaired) electrons. The van der Waals surface area contributed by atoms with Crippen LogP contribution in [0.5, 0.6) is 0 Å². The van der Waals surface area contributed by atoms with Gasteiger partial charge in [-0.2, -0.15) is 4.98 Å². The third-order valence-electron chi connectivity index (χ3n) is 5.68. The highest BCUT2D eigenvalue weighted by Crippen LogP contribution is 2.39. The zero-order valence-electron chi connectivity index (χ0n) is 14.6. The molecule has 2 aromatic heterocycles. The standard InChI is InChI=1S/C18H21N5O3/c1-10-14(4-5-19-10)18(25)22-8-13(9-22)23-7-12(6-15(23)24)17-20-16(21-26-17)11-2-3-11/h4-5,11-13,19H,2-3,6-9H2,1H3. The van der Waals surface area contributed by atoms with Crippen LogP contribution < -0.4 is 0 Å². The average Bonchev–Trinajstić information content (AvgIpc) is 2.99. The summed E-state index contributed by atoms with van der Waals surface area (Å²) in [5, 5.41) is 4.05. The molecule has 4 heterocycles. The van der Waals surface area contributed by atoms with Gasteiger partial charge in [-0.15, -0.1) is 0 Å². The number of aryl methyl sites for hydroxylation is 1. The van der Waals surface area contributed by atoms with E-state index in [1.54, 1.807) is 17.2 Å². The molecule has 8 nitrogen and oxygen atoms in total. The first-order valence-electron chi connectivity index (χ1n) is 9.16. The number of hydrogen-bond donors (Lipinski definition) is 1. The lowest BCUT2D eigenvalue weighted by Crippen LogP contribution is -2.61. The second-order valence-electron chi connectivity index (χ2n) is 7.59. The van der Waals surface area contributed by atoms with E-state index in [4.69, 9.17) is 4.52 Å². The predicted octanol–water partition coefficient (Wildman–Crippen LogP) is 1.42. The Morgan fingerprint density at radius 1 is 1.27 bits per heavy atom. The topological polar surface area (TPSA) is 95.3 Å². The number of carbonyl (C=O) groups is 2. The van der Waals surface area contributed by atoms with Crippen LogP contribution in [0.15, 0.2) is 16.8 Å². The average molecular weight is 355 g/mol. The normalized spacial score (nSPS) is 23.6. The number of nitrogens with one attached hydrogen (secondary N) is 1. The molecular formula is C18H21N5O3. The Labute approximate surface area is 150 Å². The molecule has 8 heteroatoms. The van der Waals surface area contributed by atoms with E-state index < -0.39 is 0 Å². The lowest BCUT2D eigenvalue weighted by atomic mass is 10.1. The van der Waals surface area contributed by atoms with Crippen LogP contribution in [0, 0.1) is 6.92 Å². The van der Waals surface area contributed by atoms with Crippen molar-refractivity contribution < 1.29 is 14.1 Å². The van der Waals surface area contributed by atoms with Crippen LogP contribution >= 0.6 is 0 Å². The molecule has 1 N–H and O–H groups in total. The fourth-order valence-corrected chi connectivity index (χ4v) is 3.84. The Hall–Kier alpha value is -2.64. The van der Waals surface area contributed by atoms with Crippen molar-refractivity contribution in [1.29, 1.82) is 0 Å². The van der Waals surface area contributed by atoms with E-state index in [1.807, 2.05) is 11.8 Å². The summed E-state index contributed by atoms with van der Waals surface area (Å²) in [7, 11) is 0. The summed E-state index contributed by atoms with van der Waals surface area (Å²) in [4.78, 5) is 36.1. The van der Waals surface area contributed by atoms with Gasteiger partial charge in [-0.05, 0) is 25.8 Å². The molecule has 1 aliphatic carbocycles. The number of rotatable bonds is 4. The van der Waals surface area contributed by atoms with Crippen molar-refractivity contribution in [2.75, 3.05) is 19.6 Å². The fourth-order valence-electron chi connectivity index (χ4n) is 3.84. The number of amides is 2. The lowest BCUT2D eigenvalue weighted by Gasteiger charge is -2.44. The molecule has 2 aromatic rings. The summed E-state index contributed by atoms with van der Waals surface area (Å²) in [6.45, 7) is 3.65. The Bertz CT molecular complexity index is 862. The van der Waals surface area contributed by atoms with Gasteiger partial charge in [-0.25, -0.2) is 0 Å². The molecule has 3 fully saturated rings. The predicted molar refractivity (Wildman–Crippen MR) is 90.6 cm³/mol. The van der Waals surface area contributed by atoms with Crippen LogP contribution in [0.2, 0.25) is 0 Å². The van der Waals surface area contributed by atoms with Gasteiger partial charge in [0.1, 0.15) is 0 Å². The van der Waals surface area contributed by atoms with Crippen LogP contribution in [0.3, 0.4) is 0 Å². The minimum absolute atomic E-state index is 0.0224. The van der Waals surface area contributed by atoms with Crippen LogP contribution in [-0.2, 0) is 4.79 Å². The molecule has 0 aromatic carbocycles. The number of likely N-dealkylation sites (tertiary alicyclic amines) is 2. The van der Waals surface area contributed by atoms with Gasteiger partial charge in [0, 0.05) is 43.9 Å². The number of aromatic amines is 1. The molecule has 0 bridgehead atoms. The van der Waals surface area contributed by atoms with Crippen molar-refractivity contribution in [3.63, 3.8) is 0 Å². The van der Waals surface area contributed by atoms with Crippen molar-refractivity contribution >= 4 is 11.8 Å². The van der Waals surface area contributed by atoms with Gasteiger partial charge in [-0.1, -0.05) is 5.16 Å². The molecular weight excluding hydrogens is 334 g/mol. The van der Waals surface area contributed by atoms with E-state index in [-0.39, 0.29) is 23.8 Å². The molecule has 2 saturated heterocycles. The van der Waals surface area contributed by atoms with Gasteiger partial charge < -0.3 is 19.3 Å². The van der Waals surface area contributed by atoms with E-state index in [2.05, 4.69) is 15.1 Å². The molecule has 2 aliphatic heterocycles. The Kier molecular flexibility index (Phi) is 3.41. The summed E-state index contributed by atoms with van der Waals surface area (Å²) in [6, 6.07) is 1.89. The second-order valence-corrected chi connectivity index (χ2v) is 7.59. The summed E-state index contributed by atoms with van der Waals surface area (Å²) in [6.07, 6.45) is 4.44. The highest BCUT2D eigenvalue weighted by molar-refractivity contribution is 5.96. The number of H-pyrrole nitrogens is 1. The van der Waals surface area contributed by atoms with Gasteiger partial charge in [0.2, 0.25) is 11.8 Å². The van der Waals surface area contributed by atoms with E-state index in [1.165, 1.54) is 0 Å². The van der Waals surface area contributed by atoms with Crippen LogP contribution in [0.1, 0.15) is 58.9 Å². The number of aromatic nitrogens is 3. The molecule has 1 saturated carbocycles. The van der Waals surface area contributed by atoms with E-state index >= 15 is 0 Å². The number of nitrogens with zero attached hydrogens (tertiary/aromatic N) is 4. The monoisotopic (exact) mass is 355 g/mol. The minimum atomic E-state index is -0.0285. The quantitative estimate of drug-likeness (QED) is 0.895. The molecule has 1 unspecified atom stereocenters. The van der Waals surface area contributed by atoms with Gasteiger partial charge in [0.25, 0.3) is 5.91 Å². The smallest absolute Gasteiger partial charge is 0.255 e. The zero-order chi connectivity index (χ0) is 17.8. The lowest BCUT2D eigenvalue weighted by molar-refractivity contribution is -0.132. The first-order valence-corrected chi connectivity index (χ1v) is 9.16. The number of carbonyl (C=O) groups excluding carboxylic acids is 2. The largest absolute Gasteiger partial charge is 0.365 e. The van der Waals surface area contributed by atoms with Crippen molar-refractivity contribution in [3.05, 3.63) is 35.2 Å². The first-order chi connectivity index (χ1) is 12.6. The Morgan fingerprint density at radius 2 is 2.08 bits per heavy atom.